The number of rotatable bonds is 17. The van der Waals surface area contributed by atoms with Gasteiger partial charge in [-0.3, -0.25) is 33.6 Å². The summed E-state index contributed by atoms with van der Waals surface area (Å²) >= 11 is 0. The summed E-state index contributed by atoms with van der Waals surface area (Å²) in [6.45, 7) is 17.0. The number of alkyl carbamates (subject to hydrolysis) is 2. The summed E-state index contributed by atoms with van der Waals surface area (Å²) in [5, 5.41) is 35.3. The number of imide groups is 1. The Labute approximate surface area is 569 Å². The molecule has 0 aromatic heterocycles. The third-order valence-corrected chi connectivity index (χ3v) is 14.6. The zero-order valence-electron chi connectivity index (χ0n) is 56.7. The number of nitrogens with zero attached hydrogens (tertiary/aromatic N) is 1. The predicted octanol–water partition coefficient (Wildman–Crippen LogP) is 5.11. The number of phenolic OH excluding ortho intramolecular Hbond substituents is 2. The van der Waals surface area contributed by atoms with Crippen LogP contribution in [0.15, 0.2) is 133 Å². The van der Waals surface area contributed by atoms with E-state index >= 15 is 0 Å². The molecule has 10 N–H and O–H groups in total. The van der Waals surface area contributed by atoms with Crippen molar-refractivity contribution in [2.24, 2.45) is 23.5 Å². The van der Waals surface area contributed by atoms with E-state index in [2.05, 4.69) is 31.9 Å². The first-order valence-electron chi connectivity index (χ1n) is 32.0. The quantitative estimate of drug-likeness (QED) is 0.0376. The van der Waals surface area contributed by atoms with Crippen molar-refractivity contribution in [1.29, 1.82) is 0 Å². The summed E-state index contributed by atoms with van der Waals surface area (Å²) in [5.74, 6) is -6.83. The van der Waals surface area contributed by atoms with Crippen LogP contribution < -0.4 is 37.6 Å². The fourth-order valence-electron chi connectivity index (χ4n) is 9.61. The zero-order chi connectivity index (χ0) is 72.4. The average Bonchev–Trinajstić information content (AvgIpc) is 1.47. The lowest BCUT2D eigenvalue weighted by Gasteiger charge is -2.26. The average molecular weight is 1360 g/mol. The Balaban J connectivity index is 0.000000282. The van der Waals surface area contributed by atoms with Gasteiger partial charge in [0, 0.05) is 50.5 Å². The topological polar surface area (TPSA) is 393 Å². The van der Waals surface area contributed by atoms with E-state index in [1.165, 1.54) is 48.6 Å². The van der Waals surface area contributed by atoms with Crippen molar-refractivity contribution in [2.45, 2.75) is 168 Å². The Morgan fingerprint density at radius 2 is 0.949 bits per heavy atom. The van der Waals surface area contributed by atoms with E-state index in [1.807, 2.05) is 36.4 Å². The van der Waals surface area contributed by atoms with Crippen molar-refractivity contribution in [3.8, 4) is 11.5 Å². The second kappa shape index (κ2) is 37.2. The van der Waals surface area contributed by atoms with Gasteiger partial charge in [-0.2, -0.15) is 0 Å². The third-order valence-electron chi connectivity index (χ3n) is 14.6. The van der Waals surface area contributed by atoms with Gasteiger partial charge in [0.25, 0.3) is 11.8 Å². The highest BCUT2D eigenvalue weighted by atomic mass is 16.7. The molecule has 1 fully saturated rings. The van der Waals surface area contributed by atoms with Crippen molar-refractivity contribution < 1.29 is 91.5 Å². The lowest BCUT2D eigenvalue weighted by Crippen LogP contribution is -2.54. The van der Waals surface area contributed by atoms with Crippen LogP contribution in [0.5, 0.6) is 11.5 Å². The van der Waals surface area contributed by atoms with Gasteiger partial charge in [0.2, 0.25) is 23.6 Å². The van der Waals surface area contributed by atoms with Crippen molar-refractivity contribution in [1.82, 2.24) is 37.0 Å². The molecule has 3 aliphatic heterocycles. The number of ketones is 1. The number of Topliss-reactive ketones (excluding diaryl/α,β-unsaturated/α-hetero) is 1. The van der Waals surface area contributed by atoms with E-state index in [1.54, 1.807) is 118 Å². The summed E-state index contributed by atoms with van der Waals surface area (Å²) in [6.07, 6.45) is 4.20. The molecule has 3 aliphatic rings. The molecule has 7 rings (SSSR count). The van der Waals surface area contributed by atoms with E-state index in [0.29, 0.717) is 10.6 Å². The van der Waals surface area contributed by atoms with Crippen molar-refractivity contribution >= 4 is 71.3 Å². The smallest absolute Gasteiger partial charge is 0.408 e. The van der Waals surface area contributed by atoms with Crippen molar-refractivity contribution in [2.75, 3.05) is 13.2 Å². The molecule has 98 heavy (non-hydrogen) atoms. The molecule has 0 bridgehead atoms. The highest BCUT2D eigenvalue weighted by molar-refractivity contribution is 6.02. The molecular weight excluding hydrogens is 1270 g/mol. The molecule has 1 saturated heterocycles. The highest BCUT2D eigenvalue weighted by Gasteiger charge is 2.37. The first-order chi connectivity index (χ1) is 46.1. The first kappa shape index (κ1) is 78.3. The Morgan fingerprint density at radius 1 is 0.551 bits per heavy atom. The molecule has 27 heteroatoms. The Bertz CT molecular complexity index is 3460. The maximum Gasteiger partial charge on any atom is 0.408 e. The van der Waals surface area contributed by atoms with E-state index in [-0.39, 0.29) is 87.3 Å². The normalized spacial score (nSPS) is 20.8. The fraction of sp³-hybridized carbons (Fsp3) is 0.437. The molecular formula is C71H90N8O19. The van der Waals surface area contributed by atoms with Gasteiger partial charge in [-0.25, -0.2) is 24.0 Å². The fourth-order valence-corrected chi connectivity index (χ4v) is 9.61. The van der Waals surface area contributed by atoms with Gasteiger partial charge in [-0.1, -0.05) is 125 Å². The van der Waals surface area contributed by atoms with Crippen LogP contribution in [0.4, 0.5) is 9.59 Å². The second-order valence-electron chi connectivity index (χ2n) is 26.2. The van der Waals surface area contributed by atoms with Gasteiger partial charge in [-0.05, 0) is 112 Å². The van der Waals surface area contributed by atoms with Crippen LogP contribution in [0.2, 0.25) is 0 Å². The Kier molecular flexibility index (Phi) is 29.7. The largest absolute Gasteiger partial charge is 0.508 e. The maximum atomic E-state index is 13.6. The molecule has 0 spiro atoms. The van der Waals surface area contributed by atoms with Gasteiger partial charge >= 0.3 is 30.1 Å². The molecule has 4 aromatic rings. The summed E-state index contributed by atoms with van der Waals surface area (Å²) in [7, 11) is 0. The highest BCUT2D eigenvalue weighted by Crippen LogP contribution is 2.20. The number of aromatic hydroxyl groups is 2. The lowest BCUT2D eigenvalue weighted by molar-refractivity contribution is -0.198. The van der Waals surface area contributed by atoms with E-state index in [4.69, 9.17) is 29.5 Å². The van der Waals surface area contributed by atoms with Gasteiger partial charge < -0.3 is 71.6 Å². The summed E-state index contributed by atoms with van der Waals surface area (Å²) < 4.78 is 21.4. The number of ether oxygens (including phenoxy) is 4. The first-order valence-corrected chi connectivity index (χ1v) is 32.0. The molecule has 0 aliphatic carbocycles. The second-order valence-corrected chi connectivity index (χ2v) is 26.2. The van der Waals surface area contributed by atoms with E-state index in [9.17, 15) is 67.7 Å². The summed E-state index contributed by atoms with van der Waals surface area (Å²) in [5.41, 5.74) is 7.28. The molecule has 3 heterocycles. The number of esters is 2. The molecule has 0 saturated carbocycles. The number of hydroxylamine groups is 2. The van der Waals surface area contributed by atoms with Gasteiger partial charge in [0.1, 0.15) is 59.5 Å². The summed E-state index contributed by atoms with van der Waals surface area (Å²) in [6, 6.07) is 24.1. The monoisotopic (exact) mass is 1360 g/mol. The van der Waals surface area contributed by atoms with Crippen molar-refractivity contribution in [3.63, 3.8) is 0 Å². The van der Waals surface area contributed by atoms with Crippen molar-refractivity contribution in [3.05, 3.63) is 156 Å². The van der Waals surface area contributed by atoms with Crippen LogP contribution in [0.1, 0.15) is 111 Å². The van der Waals surface area contributed by atoms with Crippen LogP contribution in [0, 0.1) is 17.8 Å². The maximum absolute atomic E-state index is 13.6. The minimum absolute atomic E-state index is 0.00500. The van der Waals surface area contributed by atoms with Gasteiger partial charge in [-0.15, -0.1) is 5.06 Å². The summed E-state index contributed by atoms with van der Waals surface area (Å²) in [4.78, 5) is 155. The number of nitrogens with one attached hydrogen (secondary N) is 6. The number of phenols is 2. The van der Waals surface area contributed by atoms with Gasteiger partial charge in [0.05, 0.1) is 18.7 Å². The molecule has 0 unspecified atom stereocenters. The number of carbonyl (C=O) groups excluding carboxylic acids is 12. The number of benzene rings is 4. The number of nitrogens with two attached hydrogens (primary N) is 1. The number of amides is 8. The minimum atomic E-state index is -1.12. The molecule has 8 atom stereocenters. The Hall–Kier alpha value is -10.4. The third kappa shape index (κ3) is 27.7. The predicted molar refractivity (Wildman–Crippen MR) is 356 cm³/mol. The number of cyclic esters (lactones) is 2. The van der Waals surface area contributed by atoms with Crippen LogP contribution >= 0.6 is 0 Å². The minimum Gasteiger partial charge on any atom is -0.508 e. The van der Waals surface area contributed by atoms with Gasteiger partial charge in [0.15, 0.2) is 5.78 Å². The number of hydrogen-bond donors (Lipinski definition) is 9. The number of carbonyl (C=O) groups is 12. The standard InChI is InChI=1S/C34H43N3O8.C19H25N3O5.C18H22N2O6/c1-21(2)30-31(41)35-27(18-23-11-14-25(38)15-12-23)32(42)44-20-24(13-16-29(40)37-30)19-28(39)26(17-22-9-7-6-8-10-22)36-33(43)45-34(3,4)5;1-11(2)17-18(25)21-15(9-12-3-6-14(23)7-4-12)19(26)27-10-13(20)5-8-16(24)22-17;1-18(2,3)25-17(24)19-13(11-12-7-5-4-6-8-12)16(23)26-20-14(21)9-10-15(20)22/h6-16,21,24,26-27,30,38H,17-20H2,1-5H3,(H,35,41)(H,36,43)(H,37,40);3-8,11,13,15,17,23H,9-10,20H2,1-2H3,(H,21,25)(H,22,24);4-8,13H,9-11H2,1-3H3,(H,19,24)/b16-13+;8-5+;/t24-,26-,27-,30-;13-,15+,17+;13-/m010/s1. The lowest BCUT2D eigenvalue weighted by atomic mass is 9.94. The zero-order valence-corrected chi connectivity index (χ0v) is 56.7. The molecule has 8 amide bonds. The number of hydrogen-bond acceptors (Lipinski definition) is 20. The molecule has 528 valence electrons. The van der Waals surface area contributed by atoms with Crippen LogP contribution in [-0.4, -0.2) is 153 Å². The Morgan fingerprint density at radius 3 is 1.37 bits per heavy atom. The van der Waals surface area contributed by atoms with E-state index in [0.717, 1.165) is 16.7 Å². The SMILES string of the molecule is CC(C)(C)OC(=O)N[C@@H](Cc1ccccc1)C(=O)ON1C(=O)CCC1=O.CC(C)[C@@H]1NC(=O)/C=C/[C@@H](CC(=O)[C@H](Cc2ccccc2)NC(=O)OC(C)(C)C)COC(=O)[C@H](Cc2ccc(O)cc2)NC1=O.CC(C)[C@@H]1NC(=O)/C=C/[C@@H](N)COC(=O)[C@H](Cc2ccc(O)cc2)NC1=O. The molecule has 27 nitrogen and oxygen atoms in total. The van der Waals surface area contributed by atoms with Crippen LogP contribution in [0.25, 0.3) is 0 Å². The van der Waals surface area contributed by atoms with Crippen LogP contribution in [0.3, 0.4) is 0 Å². The molecule has 4 aromatic carbocycles. The van der Waals surface area contributed by atoms with Crippen LogP contribution in [-0.2, 0) is 97.4 Å². The molecule has 0 radical (unpaired) electrons. The van der Waals surface area contributed by atoms with E-state index < -0.39 is 125 Å².